The fourth-order valence-electron chi connectivity index (χ4n) is 2.67. The van der Waals surface area contributed by atoms with Crippen LogP contribution in [0.25, 0.3) is 0 Å². The van der Waals surface area contributed by atoms with Gasteiger partial charge in [0.2, 0.25) is 0 Å². The summed E-state index contributed by atoms with van der Waals surface area (Å²) in [6.45, 7) is 1.16. The molecule has 4 N–H and O–H groups in total. The fourth-order valence-corrected chi connectivity index (χ4v) is 3.97. The van der Waals surface area contributed by atoms with E-state index in [1.807, 2.05) is 24.3 Å². The molecule has 1 aromatic carbocycles. The van der Waals surface area contributed by atoms with Crippen molar-refractivity contribution in [2.24, 2.45) is 4.99 Å². The number of nitrogen functional groups attached to an aromatic ring is 1. The van der Waals surface area contributed by atoms with Crippen LogP contribution in [0.4, 0.5) is 10.5 Å². The first-order valence-corrected chi connectivity index (χ1v) is 7.18. The second kappa shape index (κ2) is 4.99. The van der Waals surface area contributed by atoms with Gasteiger partial charge in [-0.25, -0.2) is 9.79 Å². The van der Waals surface area contributed by atoms with Crippen LogP contribution in [0.15, 0.2) is 29.3 Å². The third-order valence-corrected chi connectivity index (χ3v) is 4.81. The second-order valence-corrected chi connectivity index (χ2v) is 6.02. The number of hydrogen-bond donors (Lipinski definition) is 3. The molecule has 1 amide bonds. The highest BCUT2D eigenvalue weighted by Crippen LogP contribution is 2.47. The van der Waals surface area contributed by atoms with Gasteiger partial charge in [0.15, 0.2) is 5.17 Å². The van der Waals surface area contributed by atoms with Crippen LogP contribution in [0, 0.1) is 0 Å². The Morgan fingerprint density at radius 1 is 1.60 bits per heavy atom. The Balaban J connectivity index is 2.01. The van der Waals surface area contributed by atoms with Crippen molar-refractivity contribution in [3.63, 3.8) is 0 Å². The summed E-state index contributed by atoms with van der Waals surface area (Å²) in [5, 5.41) is 11.7. The largest absolute Gasteiger partial charge is 0.465 e. The van der Waals surface area contributed by atoms with Crippen LogP contribution < -0.4 is 11.1 Å². The van der Waals surface area contributed by atoms with E-state index in [2.05, 4.69) is 10.3 Å². The van der Waals surface area contributed by atoms with E-state index in [0.717, 1.165) is 12.0 Å². The maximum atomic E-state index is 10.8. The minimum Gasteiger partial charge on any atom is -0.465 e. The van der Waals surface area contributed by atoms with Crippen molar-refractivity contribution in [1.29, 1.82) is 0 Å². The normalized spacial score (nSPS) is 28.6. The summed E-state index contributed by atoms with van der Waals surface area (Å²) in [5.41, 5.74) is 7.11. The molecule has 20 heavy (non-hydrogen) atoms. The van der Waals surface area contributed by atoms with Gasteiger partial charge in [-0.3, -0.25) is 5.32 Å². The first-order valence-electron chi connectivity index (χ1n) is 6.30. The zero-order valence-electron chi connectivity index (χ0n) is 10.7. The molecule has 7 heteroatoms. The number of nitrogens with two attached hydrogens (primary N) is 1. The van der Waals surface area contributed by atoms with Crippen molar-refractivity contribution in [2.45, 2.75) is 17.2 Å². The molecule has 2 unspecified atom stereocenters. The number of thioether (sulfide) groups is 1. The van der Waals surface area contributed by atoms with Crippen LogP contribution in [0.3, 0.4) is 0 Å². The SMILES string of the molecule is Nc1cccc(C23CCOCC2SC(NC(=O)O)=N3)c1. The zero-order valence-corrected chi connectivity index (χ0v) is 11.5. The van der Waals surface area contributed by atoms with E-state index in [-0.39, 0.29) is 5.25 Å². The minimum absolute atomic E-state index is 0.0694. The van der Waals surface area contributed by atoms with E-state index in [1.54, 1.807) is 0 Å². The molecular weight excluding hydrogens is 278 g/mol. The summed E-state index contributed by atoms with van der Waals surface area (Å²) in [6, 6.07) is 7.62. The van der Waals surface area contributed by atoms with E-state index in [4.69, 9.17) is 15.6 Å². The molecule has 0 spiro atoms. The molecule has 3 rings (SSSR count). The number of fused-ring (bicyclic) bond motifs is 1. The lowest BCUT2D eigenvalue weighted by Gasteiger charge is -2.36. The summed E-state index contributed by atoms with van der Waals surface area (Å²) < 4.78 is 5.51. The van der Waals surface area contributed by atoms with E-state index in [9.17, 15) is 4.79 Å². The number of benzene rings is 1. The monoisotopic (exact) mass is 293 g/mol. The molecule has 2 heterocycles. The smallest absolute Gasteiger partial charge is 0.410 e. The predicted molar refractivity (Wildman–Crippen MR) is 77.9 cm³/mol. The standard InChI is InChI=1S/C13H15N3O3S/c14-9-3-1-2-8(6-9)13-4-5-19-7-10(13)20-11(16-13)15-12(17)18/h1-3,6,10H,4-5,7,14H2,(H,15,16)(H,17,18). The van der Waals surface area contributed by atoms with Crippen LogP contribution in [0.2, 0.25) is 0 Å². The van der Waals surface area contributed by atoms with E-state index < -0.39 is 11.6 Å². The first-order chi connectivity index (χ1) is 9.60. The van der Waals surface area contributed by atoms with Gasteiger partial charge in [-0.05, 0) is 17.7 Å². The van der Waals surface area contributed by atoms with Gasteiger partial charge in [0.25, 0.3) is 0 Å². The highest BCUT2D eigenvalue weighted by Gasteiger charge is 2.48. The number of nitrogens with one attached hydrogen (secondary N) is 1. The average molecular weight is 293 g/mol. The van der Waals surface area contributed by atoms with Crippen molar-refractivity contribution >= 4 is 28.7 Å². The Morgan fingerprint density at radius 3 is 3.20 bits per heavy atom. The van der Waals surface area contributed by atoms with Gasteiger partial charge in [-0.15, -0.1) is 0 Å². The lowest BCUT2D eigenvalue weighted by Crippen LogP contribution is -2.41. The topological polar surface area (TPSA) is 96.9 Å². The number of anilines is 1. The lowest BCUT2D eigenvalue weighted by atomic mass is 9.83. The Kier molecular flexibility index (Phi) is 3.31. The number of hydrogen-bond acceptors (Lipinski definition) is 5. The third-order valence-electron chi connectivity index (χ3n) is 3.58. The van der Waals surface area contributed by atoms with Crippen molar-refractivity contribution in [3.8, 4) is 0 Å². The molecule has 2 aliphatic heterocycles. The summed E-state index contributed by atoms with van der Waals surface area (Å²) in [7, 11) is 0. The molecule has 1 aromatic rings. The predicted octanol–water partition coefficient (Wildman–Crippen LogP) is 1.62. The molecule has 0 aromatic heterocycles. The van der Waals surface area contributed by atoms with Crippen molar-refractivity contribution in [1.82, 2.24) is 5.32 Å². The van der Waals surface area contributed by atoms with E-state index >= 15 is 0 Å². The number of amidine groups is 1. The summed E-state index contributed by atoms with van der Waals surface area (Å²) in [5.74, 6) is 0. The molecule has 2 aliphatic rings. The Bertz CT molecular complexity index is 578. The summed E-state index contributed by atoms with van der Waals surface area (Å²) in [6.07, 6.45) is -0.377. The lowest BCUT2D eigenvalue weighted by molar-refractivity contribution is 0.0611. The molecular formula is C13H15N3O3S. The highest BCUT2D eigenvalue weighted by atomic mass is 32.2. The van der Waals surface area contributed by atoms with Gasteiger partial charge in [0.1, 0.15) is 5.54 Å². The molecule has 0 saturated carbocycles. The average Bonchev–Trinajstić information content (AvgIpc) is 2.76. The highest BCUT2D eigenvalue weighted by molar-refractivity contribution is 8.14. The molecule has 0 bridgehead atoms. The van der Waals surface area contributed by atoms with Gasteiger partial charge in [0, 0.05) is 18.7 Å². The number of aliphatic imine (C=N–C) groups is 1. The second-order valence-electron chi connectivity index (χ2n) is 4.83. The number of rotatable bonds is 1. The third kappa shape index (κ3) is 2.23. The molecule has 106 valence electrons. The maximum absolute atomic E-state index is 10.8. The van der Waals surface area contributed by atoms with Crippen LogP contribution in [0.1, 0.15) is 12.0 Å². The van der Waals surface area contributed by atoms with Gasteiger partial charge in [0.05, 0.1) is 11.9 Å². The van der Waals surface area contributed by atoms with Crippen LogP contribution in [-0.2, 0) is 10.3 Å². The van der Waals surface area contributed by atoms with Crippen LogP contribution in [0.5, 0.6) is 0 Å². The van der Waals surface area contributed by atoms with Crippen LogP contribution >= 0.6 is 11.8 Å². The van der Waals surface area contributed by atoms with Gasteiger partial charge in [-0.1, -0.05) is 23.9 Å². The quantitative estimate of drug-likeness (QED) is 0.684. The molecule has 1 fully saturated rings. The van der Waals surface area contributed by atoms with Crippen molar-refractivity contribution in [2.75, 3.05) is 18.9 Å². The van der Waals surface area contributed by atoms with Crippen molar-refractivity contribution in [3.05, 3.63) is 29.8 Å². The van der Waals surface area contributed by atoms with Crippen molar-refractivity contribution < 1.29 is 14.6 Å². The molecule has 6 nitrogen and oxygen atoms in total. The molecule has 1 saturated heterocycles. The molecule has 0 aliphatic carbocycles. The number of amides is 1. The number of ether oxygens (including phenoxy) is 1. The van der Waals surface area contributed by atoms with E-state index in [0.29, 0.717) is 24.1 Å². The van der Waals surface area contributed by atoms with E-state index in [1.165, 1.54) is 11.8 Å². The zero-order chi connectivity index (χ0) is 14.2. The first kappa shape index (κ1) is 13.3. The number of carbonyl (C=O) groups is 1. The minimum atomic E-state index is -1.10. The maximum Gasteiger partial charge on any atom is 0.410 e. The summed E-state index contributed by atoms with van der Waals surface area (Å²) >= 11 is 1.41. The Morgan fingerprint density at radius 2 is 2.45 bits per heavy atom. The number of nitrogens with zero attached hydrogens (tertiary/aromatic N) is 1. The van der Waals surface area contributed by atoms with Crippen LogP contribution in [-0.4, -0.2) is 34.8 Å². The van der Waals surface area contributed by atoms with Gasteiger partial charge >= 0.3 is 6.09 Å². The summed E-state index contributed by atoms with van der Waals surface area (Å²) in [4.78, 5) is 15.4. The Hall–Kier alpha value is -1.73. The molecule has 2 atom stereocenters. The molecule has 0 radical (unpaired) electrons. The fraction of sp³-hybridized carbons (Fsp3) is 0.385. The Labute approximate surface area is 120 Å². The van der Waals surface area contributed by atoms with Gasteiger partial charge in [-0.2, -0.15) is 0 Å². The number of carboxylic acid groups (broad SMARTS) is 1. The van der Waals surface area contributed by atoms with Gasteiger partial charge < -0.3 is 15.6 Å².